The molecule has 1 saturated heterocycles. The molecule has 0 radical (unpaired) electrons. The van der Waals surface area contributed by atoms with Gasteiger partial charge in [-0.15, -0.1) is 0 Å². The summed E-state index contributed by atoms with van der Waals surface area (Å²) in [5.74, 6) is 0. The molecule has 0 aliphatic carbocycles. The Kier molecular flexibility index (Phi) is 2.96. The molecule has 1 atom stereocenters. The second kappa shape index (κ2) is 4.20. The molecule has 0 spiro atoms. The van der Waals surface area contributed by atoms with Crippen molar-refractivity contribution in [3.8, 4) is 0 Å². The van der Waals surface area contributed by atoms with Gasteiger partial charge in [0.25, 0.3) is 0 Å². The van der Waals surface area contributed by atoms with E-state index in [9.17, 15) is 0 Å². The predicted molar refractivity (Wildman–Crippen MR) is 54.6 cm³/mol. The van der Waals surface area contributed by atoms with E-state index in [0.29, 0.717) is 6.10 Å². The van der Waals surface area contributed by atoms with Crippen molar-refractivity contribution in [1.82, 2.24) is 4.98 Å². The summed E-state index contributed by atoms with van der Waals surface area (Å²) in [7, 11) is 0. The summed E-state index contributed by atoms with van der Waals surface area (Å²) in [5.41, 5.74) is 1.26. The molecule has 1 aromatic heterocycles. The summed E-state index contributed by atoms with van der Waals surface area (Å²) < 4.78 is 6.44. The van der Waals surface area contributed by atoms with Crippen molar-refractivity contribution in [2.24, 2.45) is 0 Å². The number of hydrogen-bond donors (Lipinski definition) is 0. The number of pyridine rings is 1. The summed E-state index contributed by atoms with van der Waals surface area (Å²) in [6.07, 6.45) is 5.72. The van der Waals surface area contributed by atoms with Crippen LogP contribution in [0.4, 0.5) is 0 Å². The first-order valence-corrected chi connectivity index (χ1v) is 5.36. The second-order valence-corrected chi connectivity index (χ2v) is 4.14. The molecule has 0 amide bonds. The molecule has 0 aromatic carbocycles. The lowest BCUT2D eigenvalue weighted by Crippen LogP contribution is -2.08. The smallest absolute Gasteiger partial charge is 0.106 e. The number of rotatable bonds is 2. The Balaban J connectivity index is 1.97. The van der Waals surface area contributed by atoms with E-state index in [-0.39, 0.29) is 0 Å². The Labute approximate surface area is 86.5 Å². The maximum absolute atomic E-state index is 5.55. The molecule has 70 valence electrons. The van der Waals surface area contributed by atoms with E-state index in [2.05, 4.69) is 27.0 Å². The first-order chi connectivity index (χ1) is 6.34. The summed E-state index contributed by atoms with van der Waals surface area (Å²) >= 11 is 3.32. The molecule has 1 aliphatic heterocycles. The van der Waals surface area contributed by atoms with Crippen LogP contribution >= 0.6 is 15.9 Å². The molecule has 1 fully saturated rings. The molecule has 1 aliphatic rings. The highest BCUT2D eigenvalue weighted by Crippen LogP contribution is 2.17. The van der Waals surface area contributed by atoms with Crippen LogP contribution in [0.15, 0.2) is 22.9 Å². The van der Waals surface area contributed by atoms with Gasteiger partial charge in [-0.25, -0.2) is 4.98 Å². The van der Waals surface area contributed by atoms with Crippen molar-refractivity contribution >= 4 is 15.9 Å². The minimum absolute atomic E-state index is 0.419. The number of halogens is 1. The second-order valence-electron chi connectivity index (χ2n) is 3.33. The maximum atomic E-state index is 5.55. The summed E-state index contributed by atoms with van der Waals surface area (Å²) in [6, 6.07) is 4.07. The predicted octanol–water partition coefficient (Wildman–Crippen LogP) is 2.57. The van der Waals surface area contributed by atoms with Gasteiger partial charge in [-0.3, -0.25) is 0 Å². The molecule has 13 heavy (non-hydrogen) atoms. The number of ether oxygens (including phenoxy) is 1. The van der Waals surface area contributed by atoms with Crippen LogP contribution in [0.2, 0.25) is 0 Å². The Morgan fingerprint density at radius 1 is 1.54 bits per heavy atom. The van der Waals surface area contributed by atoms with E-state index in [1.165, 1.54) is 18.4 Å². The maximum Gasteiger partial charge on any atom is 0.106 e. The Morgan fingerprint density at radius 2 is 2.46 bits per heavy atom. The third-order valence-electron chi connectivity index (χ3n) is 2.28. The molecule has 2 nitrogen and oxygen atoms in total. The van der Waals surface area contributed by atoms with Crippen LogP contribution in [0, 0.1) is 0 Å². The van der Waals surface area contributed by atoms with E-state index in [1.54, 1.807) is 0 Å². The lowest BCUT2D eigenvalue weighted by atomic mass is 10.1. The first-order valence-electron chi connectivity index (χ1n) is 4.56. The summed E-state index contributed by atoms with van der Waals surface area (Å²) in [5, 5.41) is 0. The van der Waals surface area contributed by atoms with Gasteiger partial charge in [0, 0.05) is 19.2 Å². The lowest BCUT2D eigenvalue weighted by molar-refractivity contribution is 0.111. The number of hydrogen-bond acceptors (Lipinski definition) is 2. The van der Waals surface area contributed by atoms with Crippen LogP contribution in [0.5, 0.6) is 0 Å². The van der Waals surface area contributed by atoms with E-state index in [0.717, 1.165) is 17.6 Å². The SMILES string of the molecule is Brc1ccc(CC2CCCO2)cn1. The average molecular weight is 242 g/mol. The van der Waals surface area contributed by atoms with Crippen LogP contribution in [0.1, 0.15) is 18.4 Å². The topological polar surface area (TPSA) is 22.1 Å². The molecule has 0 saturated carbocycles. The molecule has 0 bridgehead atoms. The highest BCUT2D eigenvalue weighted by atomic mass is 79.9. The zero-order valence-electron chi connectivity index (χ0n) is 7.37. The largest absolute Gasteiger partial charge is 0.378 e. The quantitative estimate of drug-likeness (QED) is 0.743. The fraction of sp³-hybridized carbons (Fsp3) is 0.500. The van der Waals surface area contributed by atoms with E-state index >= 15 is 0 Å². The van der Waals surface area contributed by atoms with Gasteiger partial charge < -0.3 is 4.74 Å². The summed E-state index contributed by atoms with van der Waals surface area (Å²) in [4.78, 5) is 4.18. The normalized spacial score (nSPS) is 22.1. The molecular weight excluding hydrogens is 230 g/mol. The van der Waals surface area contributed by atoms with Crippen molar-refractivity contribution in [2.45, 2.75) is 25.4 Å². The molecule has 2 heterocycles. The Morgan fingerprint density at radius 3 is 3.08 bits per heavy atom. The average Bonchev–Trinajstić information content (AvgIpc) is 2.62. The van der Waals surface area contributed by atoms with Crippen LogP contribution < -0.4 is 0 Å². The zero-order chi connectivity index (χ0) is 9.10. The van der Waals surface area contributed by atoms with Crippen molar-refractivity contribution in [3.63, 3.8) is 0 Å². The third kappa shape index (κ3) is 2.51. The van der Waals surface area contributed by atoms with E-state index < -0.39 is 0 Å². The standard InChI is InChI=1S/C10H12BrNO/c11-10-4-3-8(7-12-10)6-9-2-1-5-13-9/h3-4,7,9H,1-2,5-6H2. The van der Waals surface area contributed by atoms with Gasteiger partial charge in [0.1, 0.15) is 4.60 Å². The highest BCUT2D eigenvalue weighted by molar-refractivity contribution is 9.10. The van der Waals surface area contributed by atoms with Gasteiger partial charge in [-0.2, -0.15) is 0 Å². The number of nitrogens with zero attached hydrogens (tertiary/aromatic N) is 1. The van der Waals surface area contributed by atoms with Gasteiger partial charge in [0.15, 0.2) is 0 Å². The lowest BCUT2D eigenvalue weighted by Gasteiger charge is -2.08. The number of aromatic nitrogens is 1. The molecule has 2 rings (SSSR count). The van der Waals surface area contributed by atoms with Gasteiger partial charge in [0.05, 0.1) is 6.10 Å². The van der Waals surface area contributed by atoms with E-state index in [1.807, 2.05) is 12.3 Å². The van der Waals surface area contributed by atoms with Crippen LogP contribution in [0.3, 0.4) is 0 Å². The van der Waals surface area contributed by atoms with Gasteiger partial charge in [-0.05, 0) is 40.4 Å². The Hall–Kier alpha value is -0.410. The minimum atomic E-state index is 0.419. The van der Waals surface area contributed by atoms with Crippen LogP contribution in [-0.2, 0) is 11.2 Å². The molecule has 1 unspecified atom stereocenters. The van der Waals surface area contributed by atoms with Crippen LogP contribution in [0.25, 0.3) is 0 Å². The fourth-order valence-corrected chi connectivity index (χ4v) is 1.83. The Bertz CT molecular complexity index is 267. The minimum Gasteiger partial charge on any atom is -0.378 e. The monoisotopic (exact) mass is 241 g/mol. The van der Waals surface area contributed by atoms with Crippen molar-refractivity contribution in [2.75, 3.05) is 6.61 Å². The van der Waals surface area contributed by atoms with Gasteiger partial charge >= 0.3 is 0 Å². The van der Waals surface area contributed by atoms with Gasteiger partial charge in [0.2, 0.25) is 0 Å². The van der Waals surface area contributed by atoms with Crippen molar-refractivity contribution < 1.29 is 4.74 Å². The first kappa shape index (κ1) is 9.16. The summed E-state index contributed by atoms with van der Waals surface area (Å²) in [6.45, 7) is 0.925. The van der Waals surface area contributed by atoms with Crippen molar-refractivity contribution in [1.29, 1.82) is 0 Å². The molecule has 1 aromatic rings. The van der Waals surface area contributed by atoms with Gasteiger partial charge in [-0.1, -0.05) is 6.07 Å². The zero-order valence-corrected chi connectivity index (χ0v) is 8.96. The van der Waals surface area contributed by atoms with Crippen molar-refractivity contribution in [3.05, 3.63) is 28.5 Å². The van der Waals surface area contributed by atoms with Crippen LogP contribution in [-0.4, -0.2) is 17.7 Å². The third-order valence-corrected chi connectivity index (χ3v) is 2.75. The molecule has 0 N–H and O–H groups in total. The molecule has 3 heteroatoms. The fourth-order valence-electron chi connectivity index (χ4n) is 1.60. The van der Waals surface area contributed by atoms with E-state index in [4.69, 9.17) is 4.74 Å². The molecular formula is C10H12BrNO. The highest BCUT2D eigenvalue weighted by Gasteiger charge is 2.15.